The van der Waals surface area contributed by atoms with Gasteiger partial charge >= 0.3 is 0 Å². The van der Waals surface area contributed by atoms with Crippen molar-refractivity contribution in [3.05, 3.63) is 23.3 Å². The zero-order valence-corrected chi connectivity index (χ0v) is 12.0. The summed E-state index contributed by atoms with van der Waals surface area (Å²) in [6.07, 6.45) is 3.62. The van der Waals surface area contributed by atoms with Crippen LogP contribution in [0.5, 0.6) is 0 Å². The lowest BCUT2D eigenvalue weighted by Crippen LogP contribution is -2.34. The van der Waals surface area contributed by atoms with E-state index in [1.807, 2.05) is 6.07 Å². The summed E-state index contributed by atoms with van der Waals surface area (Å²) in [5.74, 6) is 3.27. The summed E-state index contributed by atoms with van der Waals surface area (Å²) in [6, 6.07) is 4.10. The first-order valence-corrected chi connectivity index (χ1v) is 7.87. The van der Waals surface area contributed by atoms with Crippen molar-refractivity contribution in [1.82, 2.24) is 20.5 Å². The molecule has 0 spiro atoms. The highest BCUT2D eigenvalue weighted by atomic mass is 32.1. The average Bonchev–Trinajstić information content (AvgIpc) is 3.10. The molecular formula is C14H20N4S. The fourth-order valence-electron chi connectivity index (χ4n) is 2.74. The number of aromatic amines is 1. The molecule has 102 valence electrons. The van der Waals surface area contributed by atoms with Gasteiger partial charge in [-0.25, -0.2) is 4.98 Å². The number of piperidine rings is 1. The van der Waals surface area contributed by atoms with Gasteiger partial charge in [-0.3, -0.25) is 5.10 Å². The normalized spacial score (nSPS) is 21.4. The minimum Gasteiger partial charge on any atom is -0.316 e. The topological polar surface area (TPSA) is 53.6 Å². The minimum absolute atomic E-state index is 0.650. The predicted molar refractivity (Wildman–Crippen MR) is 78.2 cm³/mol. The molecule has 3 heterocycles. The zero-order valence-electron chi connectivity index (χ0n) is 11.2. The van der Waals surface area contributed by atoms with Gasteiger partial charge in [0.05, 0.1) is 4.88 Å². The summed E-state index contributed by atoms with van der Waals surface area (Å²) in [4.78, 5) is 5.74. The first-order valence-electron chi connectivity index (χ1n) is 6.99. The second-order valence-corrected chi connectivity index (χ2v) is 6.32. The van der Waals surface area contributed by atoms with Crippen LogP contribution >= 0.6 is 11.3 Å². The Morgan fingerprint density at radius 3 is 3.21 bits per heavy atom. The average molecular weight is 276 g/mol. The maximum atomic E-state index is 4.61. The van der Waals surface area contributed by atoms with E-state index in [1.54, 1.807) is 11.3 Å². The van der Waals surface area contributed by atoms with Crippen molar-refractivity contribution in [3.63, 3.8) is 0 Å². The molecule has 1 aliphatic rings. The van der Waals surface area contributed by atoms with Crippen LogP contribution in [-0.2, 0) is 6.42 Å². The third-order valence-corrected chi connectivity index (χ3v) is 4.79. The molecular weight excluding hydrogens is 256 g/mol. The lowest BCUT2D eigenvalue weighted by molar-refractivity contribution is 0.276. The van der Waals surface area contributed by atoms with Crippen LogP contribution in [0.1, 0.15) is 25.6 Å². The molecule has 0 amide bonds. The Bertz CT molecular complexity index is 499. The van der Waals surface area contributed by atoms with Gasteiger partial charge < -0.3 is 5.32 Å². The monoisotopic (exact) mass is 276 g/mol. The quantitative estimate of drug-likeness (QED) is 0.903. The van der Waals surface area contributed by atoms with Crippen LogP contribution in [0.2, 0.25) is 0 Å². The Morgan fingerprint density at radius 2 is 2.47 bits per heavy atom. The van der Waals surface area contributed by atoms with Crippen LogP contribution in [0.25, 0.3) is 10.7 Å². The lowest BCUT2D eigenvalue weighted by atomic mass is 9.85. The molecule has 1 aliphatic heterocycles. The molecule has 19 heavy (non-hydrogen) atoms. The first kappa shape index (κ1) is 12.8. The molecule has 4 nitrogen and oxygen atoms in total. The Hall–Kier alpha value is -1.20. The predicted octanol–water partition coefficient (Wildman–Crippen LogP) is 2.71. The van der Waals surface area contributed by atoms with Gasteiger partial charge in [-0.1, -0.05) is 13.0 Å². The third kappa shape index (κ3) is 3.04. The van der Waals surface area contributed by atoms with Crippen LogP contribution in [0.4, 0.5) is 0 Å². The molecule has 2 N–H and O–H groups in total. The number of nitrogens with one attached hydrogen (secondary N) is 2. The van der Waals surface area contributed by atoms with Gasteiger partial charge in [0.15, 0.2) is 5.82 Å². The molecule has 0 saturated carbocycles. The summed E-state index contributed by atoms with van der Waals surface area (Å²) in [7, 11) is 0. The Labute approximate surface area is 117 Å². The number of H-pyrrole nitrogens is 1. The summed E-state index contributed by atoms with van der Waals surface area (Å²) >= 11 is 1.68. The van der Waals surface area contributed by atoms with Crippen molar-refractivity contribution >= 4 is 11.3 Å². The fourth-order valence-corrected chi connectivity index (χ4v) is 3.40. The third-order valence-electron chi connectivity index (χ3n) is 3.93. The summed E-state index contributed by atoms with van der Waals surface area (Å²) in [5, 5.41) is 12.9. The number of nitrogens with zero attached hydrogens (tertiary/aromatic N) is 2. The second-order valence-electron chi connectivity index (χ2n) is 5.37. The van der Waals surface area contributed by atoms with Gasteiger partial charge in [0.2, 0.25) is 0 Å². The van der Waals surface area contributed by atoms with Crippen LogP contribution < -0.4 is 5.32 Å². The molecule has 1 saturated heterocycles. The smallest absolute Gasteiger partial charge is 0.191 e. The van der Waals surface area contributed by atoms with Crippen molar-refractivity contribution in [2.45, 2.75) is 26.2 Å². The van der Waals surface area contributed by atoms with Crippen LogP contribution in [-0.4, -0.2) is 28.3 Å². The van der Waals surface area contributed by atoms with Crippen molar-refractivity contribution in [1.29, 1.82) is 0 Å². The highest BCUT2D eigenvalue weighted by Crippen LogP contribution is 2.24. The number of hydrogen-bond acceptors (Lipinski definition) is 4. The van der Waals surface area contributed by atoms with E-state index in [2.05, 4.69) is 38.9 Å². The molecule has 0 radical (unpaired) electrons. The van der Waals surface area contributed by atoms with E-state index < -0.39 is 0 Å². The standard InChI is InChI=1S/C14H20N4S/c1-10(11-4-2-6-15-9-11)8-13-16-14(18-17-13)12-5-3-7-19-12/h3,5,7,10-11,15H,2,4,6,8-9H2,1H3,(H,16,17,18). The second kappa shape index (κ2) is 5.84. The zero-order chi connectivity index (χ0) is 13.1. The summed E-state index contributed by atoms with van der Waals surface area (Å²) in [5.41, 5.74) is 0. The molecule has 0 aromatic carbocycles. The van der Waals surface area contributed by atoms with Crippen molar-refractivity contribution in [2.75, 3.05) is 13.1 Å². The van der Waals surface area contributed by atoms with Crippen molar-refractivity contribution < 1.29 is 0 Å². The van der Waals surface area contributed by atoms with E-state index in [-0.39, 0.29) is 0 Å². The van der Waals surface area contributed by atoms with Gasteiger partial charge in [-0.05, 0) is 49.2 Å². The highest BCUT2D eigenvalue weighted by Gasteiger charge is 2.21. The Balaban J connectivity index is 1.63. The van der Waals surface area contributed by atoms with E-state index in [1.165, 1.54) is 19.4 Å². The number of aromatic nitrogens is 3. The first-order chi connectivity index (χ1) is 9.33. The van der Waals surface area contributed by atoms with Crippen LogP contribution in [0.3, 0.4) is 0 Å². The van der Waals surface area contributed by atoms with Gasteiger partial charge in [-0.2, -0.15) is 5.10 Å². The molecule has 2 aromatic rings. The highest BCUT2D eigenvalue weighted by molar-refractivity contribution is 7.13. The largest absolute Gasteiger partial charge is 0.316 e. The van der Waals surface area contributed by atoms with E-state index in [9.17, 15) is 0 Å². The summed E-state index contributed by atoms with van der Waals surface area (Å²) < 4.78 is 0. The molecule has 2 aromatic heterocycles. The fraction of sp³-hybridized carbons (Fsp3) is 0.571. The molecule has 0 aliphatic carbocycles. The maximum absolute atomic E-state index is 4.61. The summed E-state index contributed by atoms with van der Waals surface area (Å²) in [6.45, 7) is 4.64. The minimum atomic E-state index is 0.650. The lowest BCUT2D eigenvalue weighted by Gasteiger charge is -2.27. The molecule has 0 bridgehead atoms. The molecule has 2 atom stereocenters. The Kier molecular flexibility index (Phi) is 3.94. The number of thiophene rings is 1. The number of rotatable bonds is 4. The molecule has 5 heteroatoms. The number of hydrogen-bond donors (Lipinski definition) is 2. The van der Waals surface area contributed by atoms with E-state index in [0.29, 0.717) is 5.92 Å². The molecule has 1 fully saturated rings. The van der Waals surface area contributed by atoms with Gasteiger partial charge in [0.25, 0.3) is 0 Å². The van der Waals surface area contributed by atoms with E-state index in [0.717, 1.165) is 35.4 Å². The SMILES string of the molecule is CC(Cc1nc(-c2cccs2)n[nH]1)C1CCCNC1. The van der Waals surface area contributed by atoms with Gasteiger partial charge in [0.1, 0.15) is 5.82 Å². The maximum Gasteiger partial charge on any atom is 0.191 e. The van der Waals surface area contributed by atoms with E-state index in [4.69, 9.17) is 0 Å². The molecule has 2 unspecified atom stereocenters. The van der Waals surface area contributed by atoms with Crippen molar-refractivity contribution in [2.24, 2.45) is 11.8 Å². The van der Waals surface area contributed by atoms with Gasteiger partial charge in [-0.15, -0.1) is 11.3 Å². The van der Waals surface area contributed by atoms with E-state index >= 15 is 0 Å². The Morgan fingerprint density at radius 1 is 1.53 bits per heavy atom. The van der Waals surface area contributed by atoms with Gasteiger partial charge in [0, 0.05) is 6.42 Å². The van der Waals surface area contributed by atoms with Crippen molar-refractivity contribution in [3.8, 4) is 10.7 Å². The van der Waals surface area contributed by atoms with Crippen LogP contribution in [0.15, 0.2) is 17.5 Å². The molecule has 3 rings (SSSR count). The van der Waals surface area contributed by atoms with Crippen LogP contribution in [0, 0.1) is 11.8 Å².